The van der Waals surface area contributed by atoms with Crippen molar-refractivity contribution in [3.8, 4) is 11.5 Å². The van der Waals surface area contributed by atoms with E-state index >= 15 is 0 Å². The molecule has 0 aliphatic carbocycles. The molecule has 2 amide bonds. The lowest BCUT2D eigenvalue weighted by atomic mass is 9.95. The predicted molar refractivity (Wildman–Crippen MR) is 142 cm³/mol. The van der Waals surface area contributed by atoms with Crippen LogP contribution in [0.4, 0.5) is 5.69 Å². The second-order valence-corrected chi connectivity index (χ2v) is 10.1. The van der Waals surface area contributed by atoms with Gasteiger partial charge in [0.2, 0.25) is 0 Å². The van der Waals surface area contributed by atoms with E-state index < -0.39 is 0 Å². The number of hydrogen-bond donors (Lipinski definition) is 1. The number of fused-ring (bicyclic) bond motifs is 1. The summed E-state index contributed by atoms with van der Waals surface area (Å²) in [5, 5.41) is 10.6. The number of amides is 2. The molecular formula is C29H37N3O4. The van der Waals surface area contributed by atoms with E-state index in [1.165, 1.54) is 17.7 Å². The number of ether oxygens (including phenoxy) is 1. The number of methoxy groups -OCH3 is 1. The summed E-state index contributed by atoms with van der Waals surface area (Å²) in [7, 11) is 3.67. The number of rotatable bonds is 6. The van der Waals surface area contributed by atoms with E-state index in [1.54, 1.807) is 18.1 Å². The maximum Gasteiger partial charge on any atom is 0.257 e. The Balaban J connectivity index is 1.61. The number of aromatic hydroxyl groups is 1. The van der Waals surface area contributed by atoms with Gasteiger partial charge in [-0.25, -0.2) is 0 Å². The summed E-state index contributed by atoms with van der Waals surface area (Å²) >= 11 is 0. The number of benzene rings is 2. The van der Waals surface area contributed by atoms with Gasteiger partial charge in [-0.2, -0.15) is 0 Å². The standard InChI is InChI=1S/C29H37N3O4/c1-6-28(34)32(22-10-12-30(4)13-11-22)23-8-7-20-9-14-31(18-21(20)15-23)29(35)25-16-24(19(2)3)27(36-5)17-26(25)33/h6-8,15-17,19,22,33H,1,9-14,18H2,2-5H3. The van der Waals surface area contributed by atoms with Crippen molar-refractivity contribution in [1.29, 1.82) is 0 Å². The van der Waals surface area contributed by atoms with E-state index in [1.807, 2.05) is 30.9 Å². The first-order chi connectivity index (χ1) is 17.2. The highest BCUT2D eigenvalue weighted by Crippen LogP contribution is 2.35. The number of hydrogen-bond acceptors (Lipinski definition) is 5. The van der Waals surface area contributed by atoms with Crippen LogP contribution >= 0.6 is 0 Å². The van der Waals surface area contributed by atoms with Crippen LogP contribution in [0.1, 0.15) is 59.7 Å². The summed E-state index contributed by atoms with van der Waals surface area (Å²) in [6.45, 7) is 10.7. The Kier molecular flexibility index (Phi) is 7.69. The van der Waals surface area contributed by atoms with Crippen molar-refractivity contribution in [2.75, 3.05) is 38.7 Å². The molecule has 7 heteroatoms. The second-order valence-electron chi connectivity index (χ2n) is 10.1. The van der Waals surface area contributed by atoms with Crippen LogP contribution in [0.2, 0.25) is 0 Å². The van der Waals surface area contributed by atoms with Crippen LogP contribution in [0.15, 0.2) is 43.0 Å². The van der Waals surface area contributed by atoms with Gasteiger partial charge in [-0.1, -0.05) is 26.5 Å². The fourth-order valence-electron chi connectivity index (χ4n) is 5.29. The maximum atomic E-state index is 13.5. The highest BCUT2D eigenvalue weighted by atomic mass is 16.5. The molecule has 0 spiro atoms. The van der Waals surface area contributed by atoms with Crippen LogP contribution in [-0.2, 0) is 17.8 Å². The molecule has 192 valence electrons. The molecule has 4 rings (SSSR count). The molecule has 0 unspecified atom stereocenters. The topological polar surface area (TPSA) is 73.3 Å². The zero-order chi connectivity index (χ0) is 26.0. The molecule has 1 N–H and O–H groups in total. The molecule has 0 saturated carbocycles. The fourth-order valence-corrected chi connectivity index (χ4v) is 5.29. The normalized spacial score (nSPS) is 16.5. The first-order valence-electron chi connectivity index (χ1n) is 12.7. The summed E-state index contributed by atoms with van der Waals surface area (Å²) in [6.07, 6.45) is 3.92. The zero-order valence-electron chi connectivity index (χ0n) is 21.8. The summed E-state index contributed by atoms with van der Waals surface area (Å²) < 4.78 is 5.41. The third kappa shape index (κ3) is 5.12. The molecular weight excluding hydrogens is 454 g/mol. The van der Waals surface area contributed by atoms with Crippen molar-refractivity contribution in [3.05, 3.63) is 65.2 Å². The Labute approximate surface area is 214 Å². The highest BCUT2D eigenvalue weighted by molar-refractivity contribution is 6.01. The Hall–Kier alpha value is -3.32. The molecule has 2 aromatic rings. The lowest BCUT2D eigenvalue weighted by molar-refractivity contribution is -0.114. The quantitative estimate of drug-likeness (QED) is 0.609. The van der Waals surface area contributed by atoms with Crippen LogP contribution in [0.25, 0.3) is 0 Å². The molecule has 0 atom stereocenters. The molecule has 2 aliphatic rings. The smallest absolute Gasteiger partial charge is 0.257 e. The van der Waals surface area contributed by atoms with Crippen LogP contribution < -0.4 is 9.64 Å². The van der Waals surface area contributed by atoms with Gasteiger partial charge in [0.05, 0.1) is 12.7 Å². The van der Waals surface area contributed by atoms with Crippen molar-refractivity contribution in [2.24, 2.45) is 0 Å². The number of phenolic OH excluding ortho intramolecular Hbond substituents is 1. The van der Waals surface area contributed by atoms with E-state index in [2.05, 4.69) is 24.6 Å². The van der Waals surface area contributed by atoms with Gasteiger partial charge in [0.1, 0.15) is 11.5 Å². The van der Waals surface area contributed by atoms with E-state index in [0.29, 0.717) is 18.8 Å². The van der Waals surface area contributed by atoms with Crippen molar-refractivity contribution in [3.63, 3.8) is 0 Å². The van der Waals surface area contributed by atoms with Gasteiger partial charge in [-0.05, 0) is 86.3 Å². The Morgan fingerprint density at radius 2 is 1.86 bits per heavy atom. The van der Waals surface area contributed by atoms with Gasteiger partial charge in [-0.15, -0.1) is 0 Å². The summed E-state index contributed by atoms with van der Waals surface area (Å²) in [5.74, 6) is 0.337. The number of piperidine rings is 1. The Bertz CT molecular complexity index is 1150. The molecule has 2 aliphatic heterocycles. The van der Waals surface area contributed by atoms with Crippen molar-refractivity contribution in [1.82, 2.24) is 9.80 Å². The van der Waals surface area contributed by atoms with Crippen LogP contribution in [0.5, 0.6) is 11.5 Å². The van der Waals surface area contributed by atoms with Gasteiger partial charge >= 0.3 is 0 Å². The monoisotopic (exact) mass is 491 g/mol. The second kappa shape index (κ2) is 10.7. The molecule has 1 fully saturated rings. The fraction of sp³-hybridized carbons (Fsp3) is 0.448. The Morgan fingerprint density at radius 1 is 1.14 bits per heavy atom. The van der Waals surface area contributed by atoms with Gasteiger partial charge in [0.25, 0.3) is 11.8 Å². The highest BCUT2D eigenvalue weighted by Gasteiger charge is 2.29. The third-order valence-electron chi connectivity index (χ3n) is 7.43. The first-order valence-corrected chi connectivity index (χ1v) is 12.7. The van der Waals surface area contributed by atoms with Crippen molar-refractivity contribution >= 4 is 17.5 Å². The number of carbonyl (C=O) groups is 2. The molecule has 2 aromatic carbocycles. The van der Waals surface area contributed by atoms with Gasteiger partial charge in [-0.3, -0.25) is 9.59 Å². The Morgan fingerprint density at radius 3 is 2.50 bits per heavy atom. The number of anilines is 1. The average Bonchev–Trinajstić information content (AvgIpc) is 2.88. The number of likely N-dealkylation sites (tertiary alicyclic amines) is 1. The number of carbonyl (C=O) groups excluding carboxylic acids is 2. The minimum Gasteiger partial charge on any atom is -0.507 e. The number of phenols is 1. The van der Waals surface area contributed by atoms with E-state index in [4.69, 9.17) is 4.74 Å². The van der Waals surface area contributed by atoms with E-state index in [-0.39, 0.29) is 35.1 Å². The molecule has 36 heavy (non-hydrogen) atoms. The lowest BCUT2D eigenvalue weighted by Crippen LogP contribution is -2.46. The SMILES string of the molecule is C=CC(=O)N(c1ccc2c(c1)CN(C(=O)c1cc(C(C)C)c(OC)cc1O)CC2)C1CCN(C)CC1. The van der Waals surface area contributed by atoms with E-state index in [0.717, 1.165) is 49.2 Å². The third-order valence-corrected chi connectivity index (χ3v) is 7.43. The minimum atomic E-state index is -0.206. The van der Waals surface area contributed by atoms with Crippen LogP contribution in [-0.4, -0.2) is 66.6 Å². The van der Waals surface area contributed by atoms with Crippen LogP contribution in [0.3, 0.4) is 0 Å². The van der Waals surface area contributed by atoms with Crippen molar-refractivity contribution in [2.45, 2.75) is 51.6 Å². The molecule has 0 radical (unpaired) electrons. The molecule has 0 bridgehead atoms. The number of nitrogens with zero attached hydrogens (tertiary/aromatic N) is 3. The predicted octanol–water partition coefficient (Wildman–Crippen LogP) is 4.34. The summed E-state index contributed by atoms with van der Waals surface area (Å²) in [4.78, 5) is 32.3. The van der Waals surface area contributed by atoms with Crippen LogP contribution in [0, 0.1) is 0 Å². The van der Waals surface area contributed by atoms with Gasteiger partial charge in [0.15, 0.2) is 0 Å². The molecule has 0 aromatic heterocycles. The van der Waals surface area contributed by atoms with Crippen molar-refractivity contribution < 1.29 is 19.4 Å². The molecule has 1 saturated heterocycles. The molecule has 7 nitrogen and oxygen atoms in total. The largest absolute Gasteiger partial charge is 0.507 e. The van der Waals surface area contributed by atoms with E-state index in [9.17, 15) is 14.7 Å². The van der Waals surface area contributed by atoms with Gasteiger partial charge < -0.3 is 24.5 Å². The maximum absolute atomic E-state index is 13.5. The summed E-state index contributed by atoms with van der Waals surface area (Å²) in [6, 6.07) is 9.53. The van der Waals surface area contributed by atoms with Gasteiger partial charge in [0, 0.05) is 30.9 Å². The minimum absolute atomic E-state index is 0.0779. The summed E-state index contributed by atoms with van der Waals surface area (Å²) in [5.41, 5.74) is 4.22. The lowest BCUT2D eigenvalue weighted by Gasteiger charge is -2.37. The average molecular weight is 492 g/mol. The molecule has 2 heterocycles. The first kappa shape index (κ1) is 25.8. The zero-order valence-corrected chi connectivity index (χ0v) is 21.8.